The lowest BCUT2D eigenvalue weighted by atomic mass is 9.72. The van der Waals surface area contributed by atoms with Crippen molar-refractivity contribution in [1.29, 1.82) is 10.5 Å². The van der Waals surface area contributed by atoms with E-state index in [0.29, 0.717) is 5.78 Å². The molecular formula is C26H32N2OSi. The van der Waals surface area contributed by atoms with Gasteiger partial charge in [0, 0.05) is 17.7 Å². The minimum atomic E-state index is -1.33. The van der Waals surface area contributed by atoms with Crippen molar-refractivity contribution in [2.45, 2.75) is 70.5 Å². The summed E-state index contributed by atoms with van der Waals surface area (Å²) in [6.45, 7) is 8.11. The molecule has 0 radical (unpaired) electrons. The molecule has 2 aliphatic rings. The van der Waals surface area contributed by atoms with Crippen LogP contribution in [0.25, 0.3) is 0 Å². The lowest BCUT2D eigenvalue weighted by molar-refractivity contribution is 0.0972. The summed E-state index contributed by atoms with van der Waals surface area (Å²) in [7, 11) is -1.33. The standard InChI is InChI=1S/C12H13N.C10H10O.C4H9NSi/c1-12(9-13)8-4-6-10-5-2-3-7-11(10)12;11-10-7-3-5-8-4-1-2-6-9(8)10;1-6(2,3)4-5/h2-3,5,7H,4,6,8H2,1H3;1-2,4,6H,3,5,7H2;1-3H3. The van der Waals surface area contributed by atoms with Gasteiger partial charge in [-0.25, -0.2) is 5.26 Å². The number of benzene rings is 2. The van der Waals surface area contributed by atoms with Gasteiger partial charge in [0.25, 0.3) is 0 Å². The van der Waals surface area contributed by atoms with Crippen LogP contribution in [-0.4, -0.2) is 13.9 Å². The first-order valence-electron chi connectivity index (χ1n) is 10.7. The van der Waals surface area contributed by atoms with Crippen LogP contribution in [0.3, 0.4) is 0 Å². The van der Waals surface area contributed by atoms with Gasteiger partial charge in [0.1, 0.15) is 0 Å². The first-order valence-corrected chi connectivity index (χ1v) is 14.2. The fourth-order valence-electron chi connectivity index (χ4n) is 3.74. The predicted molar refractivity (Wildman–Crippen MR) is 125 cm³/mol. The van der Waals surface area contributed by atoms with Crippen molar-refractivity contribution in [1.82, 2.24) is 0 Å². The number of hydrogen-bond donors (Lipinski definition) is 0. The molecule has 1 atom stereocenters. The van der Waals surface area contributed by atoms with Crippen LogP contribution in [0.4, 0.5) is 0 Å². The molecule has 0 fully saturated rings. The summed E-state index contributed by atoms with van der Waals surface area (Å²) in [4.78, 5) is 11.3. The van der Waals surface area contributed by atoms with Gasteiger partial charge in [0.2, 0.25) is 0 Å². The van der Waals surface area contributed by atoms with Gasteiger partial charge >= 0.3 is 0 Å². The Hall–Kier alpha value is -2.69. The van der Waals surface area contributed by atoms with Crippen LogP contribution in [0.15, 0.2) is 48.5 Å². The molecule has 0 spiro atoms. The highest BCUT2D eigenvalue weighted by molar-refractivity contribution is 6.83. The van der Waals surface area contributed by atoms with E-state index in [2.05, 4.69) is 30.0 Å². The highest BCUT2D eigenvalue weighted by Gasteiger charge is 2.31. The highest BCUT2D eigenvalue weighted by Crippen LogP contribution is 2.36. The van der Waals surface area contributed by atoms with Crippen LogP contribution in [0, 0.1) is 22.3 Å². The molecule has 0 heterocycles. The van der Waals surface area contributed by atoms with Gasteiger partial charge in [-0.1, -0.05) is 68.2 Å². The molecular weight excluding hydrogens is 384 g/mol. The summed E-state index contributed by atoms with van der Waals surface area (Å²) >= 11 is 0. The number of aryl methyl sites for hydroxylation is 2. The van der Waals surface area contributed by atoms with E-state index in [0.717, 1.165) is 44.1 Å². The van der Waals surface area contributed by atoms with E-state index in [-0.39, 0.29) is 5.41 Å². The first kappa shape index (κ1) is 23.6. The molecule has 0 N–H and O–H groups in total. The third-order valence-corrected chi connectivity index (χ3v) is 6.16. The maximum atomic E-state index is 11.3. The molecule has 0 aromatic heterocycles. The number of fused-ring (bicyclic) bond motifs is 2. The second kappa shape index (κ2) is 10.4. The van der Waals surface area contributed by atoms with Crippen molar-refractivity contribution in [3.05, 3.63) is 70.8 Å². The van der Waals surface area contributed by atoms with E-state index < -0.39 is 8.07 Å². The second-order valence-electron chi connectivity index (χ2n) is 9.25. The molecule has 156 valence electrons. The number of nitriles is 2. The minimum absolute atomic E-state index is 0.241. The zero-order chi connectivity index (χ0) is 22.2. The normalized spacial score (nSPS) is 19.3. The van der Waals surface area contributed by atoms with Gasteiger partial charge < -0.3 is 0 Å². The van der Waals surface area contributed by atoms with Crippen molar-refractivity contribution >= 4 is 13.9 Å². The number of ketones is 1. The molecule has 4 rings (SSSR count). The van der Waals surface area contributed by atoms with Crippen LogP contribution in [0.5, 0.6) is 0 Å². The fraction of sp³-hybridized carbons (Fsp3) is 0.423. The quantitative estimate of drug-likeness (QED) is 0.467. The van der Waals surface area contributed by atoms with Gasteiger partial charge in [-0.15, -0.1) is 0 Å². The zero-order valence-electron chi connectivity index (χ0n) is 18.7. The molecule has 0 amide bonds. The summed E-state index contributed by atoms with van der Waals surface area (Å²) in [5.41, 5.74) is 6.77. The maximum Gasteiger partial charge on any atom is 0.164 e. The highest BCUT2D eigenvalue weighted by atomic mass is 28.3. The van der Waals surface area contributed by atoms with Crippen molar-refractivity contribution < 1.29 is 4.79 Å². The Morgan fingerprint density at radius 1 is 0.867 bits per heavy atom. The van der Waals surface area contributed by atoms with Gasteiger partial charge in [-0.05, 0) is 55.7 Å². The van der Waals surface area contributed by atoms with Crippen LogP contribution in [-0.2, 0) is 18.3 Å². The van der Waals surface area contributed by atoms with E-state index in [9.17, 15) is 4.79 Å². The lowest BCUT2D eigenvalue weighted by Crippen LogP contribution is -2.25. The fourth-order valence-corrected chi connectivity index (χ4v) is 3.74. The number of Topliss-reactive ketones (excluding diaryl/α,β-unsaturated/α-hetero) is 1. The molecule has 2 aromatic carbocycles. The Bertz CT molecular complexity index is 962. The number of rotatable bonds is 0. The summed E-state index contributed by atoms with van der Waals surface area (Å²) in [6, 6.07) is 18.7. The topological polar surface area (TPSA) is 64.7 Å². The van der Waals surface area contributed by atoms with Crippen LogP contribution in [0.2, 0.25) is 19.6 Å². The van der Waals surface area contributed by atoms with E-state index >= 15 is 0 Å². The minimum Gasteiger partial charge on any atom is -0.294 e. The number of nitrogens with zero attached hydrogens (tertiary/aromatic N) is 2. The number of carbonyl (C=O) groups excluding carboxylic acids is 1. The molecule has 0 saturated carbocycles. The number of hydrogen-bond acceptors (Lipinski definition) is 3. The van der Waals surface area contributed by atoms with Crippen molar-refractivity contribution in [2.24, 2.45) is 0 Å². The molecule has 0 bridgehead atoms. The Morgan fingerprint density at radius 3 is 2.03 bits per heavy atom. The Morgan fingerprint density at radius 2 is 1.43 bits per heavy atom. The average molecular weight is 417 g/mol. The molecule has 1 unspecified atom stereocenters. The van der Waals surface area contributed by atoms with Crippen LogP contribution >= 0.6 is 0 Å². The predicted octanol–water partition coefficient (Wildman–Crippen LogP) is 6.40. The largest absolute Gasteiger partial charge is 0.294 e. The van der Waals surface area contributed by atoms with Gasteiger partial charge in [0.15, 0.2) is 13.9 Å². The van der Waals surface area contributed by atoms with E-state index in [1.807, 2.05) is 56.9 Å². The van der Waals surface area contributed by atoms with Crippen molar-refractivity contribution in [2.75, 3.05) is 0 Å². The smallest absolute Gasteiger partial charge is 0.164 e. The van der Waals surface area contributed by atoms with Crippen LogP contribution < -0.4 is 0 Å². The Balaban J connectivity index is 0.000000172. The summed E-state index contributed by atoms with van der Waals surface area (Å²) in [5, 5.41) is 17.4. The molecule has 30 heavy (non-hydrogen) atoms. The third kappa shape index (κ3) is 6.41. The second-order valence-corrected chi connectivity index (χ2v) is 14.0. The Kier molecular flexibility index (Phi) is 8.15. The zero-order valence-corrected chi connectivity index (χ0v) is 19.7. The molecule has 3 nitrogen and oxygen atoms in total. The van der Waals surface area contributed by atoms with E-state index in [1.54, 1.807) is 0 Å². The van der Waals surface area contributed by atoms with Gasteiger partial charge in [-0.3, -0.25) is 4.79 Å². The van der Waals surface area contributed by atoms with E-state index in [4.69, 9.17) is 10.5 Å². The number of carbonyl (C=O) groups is 1. The SMILES string of the molecule is CC1(C#N)CCCc2ccccc21.C[Si](C)(C)C#N.O=C1CCCc2ccccc21. The lowest BCUT2D eigenvalue weighted by Gasteiger charge is -2.29. The summed E-state index contributed by atoms with van der Waals surface area (Å²) in [6.07, 6.45) is 6.10. The average Bonchev–Trinajstić information content (AvgIpc) is 2.75. The molecule has 2 aliphatic carbocycles. The molecule has 0 aliphatic heterocycles. The molecule has 0 saturated heterocycles. The maximum absolute atomic E-state index is 11.3. The first-order chi connectivity index (χ1) is 14.2. The monoisotopic (exact) mass is 416 g/mol. The van der Waals surface area contributed by atoms with Crippen molar-refractivity contribution in [3.63, 3.8) is 0 Å². The van der Waals surface area contributed by atoms with Crippen LogP contribution in [0.1, 0.15) is 59.7 Å². The Labute approximate surface area is 182 Å². The van der Waals surface area contributed by atoms with Gasteiger partial charge in [-0.2, -0.15) is 5.26 Å². The summed E-state index contributed by atoms with van der Waals surface area (Å²) < 4.78 is 0. The van der Waals surface area contributed by atoms with Gasteiger partial charge in [0.05, 0.1) is 11.5 Å². The molecule has 2 aromatic rings. The van der Waals surface area contributed by atoms with Crippen molar-refractivity contribution in [3.8, 4) is 11.8 Å². The molecule has 4 heteroatoms. The summed E-state index contributed by atoms with van der Waals surface area (Å²) in [5.74, 6) is 0.312. The van der Waals surface area contributed by atoms with E-state index in [1.165, 1.54) is 16.7 Å². The third-order valence-electron chi connectivity index (χ3n) is 5.48.